The number of rotatable bonds is 4. The van der Waals surface area contributed by atoms with Gasteiger partial charge in [0.15, 0.2) is 5.82 Å². The summed E-state index contributed by atoms with van der Waals surface area (Å²) >= 11 is 0. The normalized spacial score (nSPS) is 11.2. The number of carboxylic acids is 1. The quantitative estimate of drug-likeness (QED) is 0.532. The molecule has 0 spiro atoms. The summed E-state index contributed by atoms with van der Waals surface area (Å²) in [5.41, 5.74) is 4.01. The van der Waals surface area contributed by atoms with Crippen LogP contribution in [-0.4, -0.2) is 36.0 Å². The fourth-order valence-corrected chi connectivity index (χ4v) is 2.74. The van der Waals surface area contributed by atoms with Gasteiger partial charge in [-0.15, -0.1) is 0 Å². The maximum absolute atomic E-state index is 10.9. The number of hydrogen-bond donors (Lipinski definition) is 3. The molecular weight excluding hydrogens is 308 g/mol. The molecule has 4 aromatic rings. The summed E-state index contributed by atoms with van der Waals surface area (Å²) in [7, 11) is 0. The zero-order valence-corrected chi connectivity index (χ0v) is 12.8. The average Bonchev–Trinajstić information content (AvgIpc) is 3.09. The van der Waals surface area contributed by atoms with E-state index in [1.54, 1.807) is 6.20 Å². The van der Waals surface area contributed by atoms with Crippen LogP contribution in [0.2, 0.25) is 0 Å². The molecule has 0 radical (unpaired) electrons. The van der Waals surface area contributed by atoms with Crippen LogP contribution in [0, 0.1) is 6.92 Å². The van der Waals surface area contributed by atoms with Gasteiger partial charge < -0.3 is 10.4 Å². The number of aliphatic carboxylic acids is 1. The molecule has 0 bridgehead atoms. The van der Waals surface area contributed by atoms with Gasteiger partial charge in [-0.05, 0) is 37.3 Å². The van der Waals surface area contributed by atoms with Gasteiger partial charge in [-0.3, -0.25) is 19.6 Å². The molecule has 0 saturated carbocycles. The van der Waals surface area contributed by atoms with Gasteiger partial charge in [-0.1, -0.05) is 0 Å². The maximum Gasteiger partial charge on any atom is 0.325 e. The van der Waals surface area contributed by atoms with Gasteiger partial charge in [0, 0.05) is 17.3 Å². The highest BCUT2D eigenvalue weighted by Gasteiger charge is 2.12. The molecule has 0 fully saturated rings. The van der Waals surface area contributed by atoms with Crippen molar-refractivity contribution in [2.45, 2.75) is 13.5 Å². The van der Waals surface area contributed by atoms with E-state index in [4.69, 9.17) is 5.11 Å². The number of benzene rings is 1. The monoisotopic (exact) mass is 322 g/mol. The highest BCUT2D eigenvalue weighted by molar-refractivity contribution is 5.90. The van der Waals surface area contributed by atoms with Crippen molar-refractivity contribution in [2.75, 3.05) is 5.32 Å². The van der Waals surface area contributed by atoms with Crippen LogP contribution in [0.5, 0.6) is 0 Å². The van der Waals surface area contributed by atoms with Gasteiger partial charge in [0.2, 0.25) is 0 Å². The molecule has 4 rings (SSSR count). The first-order valence-corrected chi connectivity index (χ1v) is 7.37. The number of carboxylic acid groups (broad SMARTS) is 1. The topological polar surface area (TPSA) is 109 Å². The lowest BCUT2D eigenvalue weighted by atomic mass is 10.2. The van der Waals surface area contributed by atoms with Crippen molar-refractivity contribution in [3.8, 4) is 0 Å². The molecule has 24 heavy (non-hydrogen) atoms. The molecule has 1 aromatic carbocycles. The molecule has 0 aliphatic carbocycles. The summed E-state index contributed by atoms with van der Waals surface area (Å²) in [4.78, 5) is 15.2. The summed E-state index contributed by atoms with van der Waals surface area (Å²) in [6.45, 7) is 1.70. The number of aryl methyl sites for hydroxylation is 1. The van der Waals surface area contributed by atoms with E-state index in [1.165, 1.54) is 4.68 Å². The van der Waals surface area contributed by atoms with E-state index >= 15 is 0 Å². The summed E-state index contributed by atoms with van der Waals surface area (Å²) in [5.74, 6) is -0.281. The Labute approximate surface area is 136 Å². The van der Waals surface area contributed by atoms with Crippen molar-refractivity contribution < 1.29 is 9.90 Å². The van der Waals surface area contributed by atoms with Crippen molar-refractivity contribution in [1.82, 2.24) is 25.0 Å². The van der Waals surface area contributed by atoms with E-state index in [1.807, 2.05) is 37.3 Å². The van der Waals surface area contributed by atoms with Crippen molar-refractivity contribution >= 4 is 39.4 Å². The third kappa shape index (κ3) is 2.34. The maximum atomic E-state index is 10.9. The number of aromatic nitrogens is 5. The molecule has 0 amide bonds. The van der Waals surface area contributed by atoms with Crippen LogP contribution in [0.25, 0.3) is 21.9 Å². The summed E-state index contributed by atoms with van der Waals surface area (Å²) < 4.78 is 1.49. The minimum Gasteiger partial charge on any atom is -0.480 e. The third-order valence-corrected chi connectivity index (χ3v) is 3.80. The molecule has 3 heterocycles. The Morgan fingerprint density at radius 3 is 3.08 bits per heavy atom. The van der Waals surface area contributed by atoms with E-state index < -0.39 is 5.97 Å². The number of fused-ring (bicyclic) bond motifs is 2. The first-order valence-electron chi connectivity index (χ1n) is 7.37. The second kappa shape index (κ2) is 5.34. The highest BCUT2D eigenvalue weighted by atomic mass is 16.4. The van der Waals surface area contributed by atoms with Gasteiger partial charge in [-0.25, -0.2) is 0 Å². The molecule has 8 heteroatoms. The van der Waals surface area contributed by atoms with Crippen LogP contribution in [0.3, 0.4) is 0 Å². The van der Waals surface area contributed by atoms with Gasteiger partial charge in [0.25, 0.3) is 0 Å². The van der Waals surface area contributed by atoms with Crippen molar-refractivity contribution in [3.05, 3.63) is 42.2 Å². The van der Waals surface area contributed by atoms with E-state index in [2.05, 4.69) is 25.6 Å². The minimum atomic E-state index is -0.921. The summed E-state index contributed by atoms with van der Waals surface area (Å²) in [5, 5.41) is 24.6. The smallest absolute Gasteiger partial charge is 0.325 e. The van der Waals surface area contributed by atoms with E-state index in [0.717, 1.165) is 33.3 Å². The standard InChI is InChI=1S/C16H14N6O2/c1-9-11-7-10(4-5-13(11)22(21-9)8-14(23)24)18-16-15-12(19-20-16)3-2-6-17-15/h2-7H,8H2,1H3,(H,23,24)(H2,18,19,20). The lowest BCUT2D eigenvalue weighted by Crippen LogP contribution is -2.09. The number of nitrogens with one attached hydrogen (secondary N) is 2. The highest BCUT2D eigenvalue weighted by Crippen LogP contribution is 2.26. The third-order valence-electron chi connectivity index (χ3n) is 3.80. The van der Waals surface area contributed by atoms with Crippen LogP contribution in [-0.2, 0) is 11.3 Å². The number of H-pyrrole nitrogens is 1. The Morgan fingerprint density at radius 2 is 2.25 bits per heavy atom. The Kier molecular flexibility index (Phi) is 3.16. The molecule has 3 N–H and O–H groups in total. The summed E-state index contributed by atoms with van der Waals surface area (Å²) in [6, 6.07) is 9.40. The van der Waals surface area contributed by atoms with E-state index in [-0.39, 0.29) is 6.54 Å². The fourth-order valence-electron chi connectivity index (χ4n) is 2.74. The van der Waals surface area contributed by atoms with Gasteiger partial charge in [0.1, 0.15) is 12.1 Å². The number of nitrogens with zero attached hydrogens (tertiary/aromatic N) is 4. The van der Waals surface area contributed by atoms with E-state index in [0.29, 0.717) is 5.82 Å². The van der Waals surface area contributed by atoms with Gasteiger partial charge in [0.05, 0.1) is 16.7 Å². The van der Waals surface area contributed by atoms with Crippen molar-refractivity contribution in [2.24, 2.45) is 0 Å². The molecular formula is C16H14N6O2. The number of hydrogen-bond acceptors (Lipinski definition) is 5. The lowest BCUT2D eigenvalue weighted by molar-refractivity contribution is -0.137. The molecule has 0 unspecified atom stereocenters. The zero-order chi connectivity index (χ0) is 16.7. The number of pyridine rings is 1. The predicted molar refractivity (Wildman–Crippen MR) is 89.3 cm³/mol. The largest absolute Gasteiger partial charge is 0.480 e. The van der Waals surface area contributed by atoms with Gasteiger partial charge in [-0.2, -0.15) is 10.2 Å². The van der Waals surface area contributed by atoms with Crippen LogP contribution < -0.4 is 5.32 Å². The predicted octanol–water partition coefficient (Wildman–Crippen LogP) is 2.44. The second-order valence-corrected chi connectivity index (χ2v) is 5.47. The number of aromatic amines is 1. The van der Waals surface area contributed by atoms with Gasteiger partial charge >= 0.3 is 5.97 Å². The first-order chi connectivity index (χ1) is 11.6. The van der Waals surface area contributed by atoms with Crippen LogP contribution >= 0.6 is 0 Å². The van der Waals surface area contributed by atoms with Crippen LogP contribution in [0.4, 0.5) is 11.5 Å². The molecule has 120 valence electrons. The first kappa shape index (κ1) is 14.2. The summed E-state index contributed by atoms with van der Waals surface area (Å²) in [6.07, 6.45) is 1.71. The number of carbonyl (C=O) groups is 1. The SMILES string of the molecule is Cc1nn(CC(=O)O)c2ccc(Nc3n[nH]c4cccnc34)cc12. The Morgan fingerprint density at radius 1 is 1.38 bits per heavy atom. The van der Waals surface area contributed by atoms with Crippen molar-refractivity contribution in [1.29, 1.82) is 0 Å². The fraction of sp³-hybridized carbons (Fsp3) is 0.125. The Hall–Kier alpha value is -3.42. The van der Waals surface area contributed by atoms with E-state index in [9.17, 15) is 4.79 Å². The molecule has 0 saturated heterocycles. The molecule has 0 atom stereocenters. The zero-order valence-electron chi connectivity index (χ0n) is 12.8. The minimum absolute atomic E-state index is 0.162. The lowest BCUT2D eigenvalue weighted by Gasteiger charge is -2.04. The van der Waals surface area contributed by atoms with Crippen LogP contribution in [0.1, 0.15) is 5.69 Å². The van der Waals surface area contributed by atoms with Crippen LogP contribution in [0.15, 0.2) is 36.5 Å². The Balaban J connectivity index is 1.73. The molecule has 3 aromatic heterocycles. The van der Waals surface area contributed by atoms with Crippen molar-refractivity contribution in [3.63, 3.8) is 0 Å². The molecule has 8 nitrogen and oxygen atoms in total. The number of anilines is 2. The Bertz CT molecular complexity index is 1060. The average molecular weight is 322 g/mol. The second-order valence-electron chi connectivity index (χ2n) is 5.47. The molecule has 0 aliphatic heterocycles. The molecule has 0 aliphatic rings.